The molecule has 0 spiro atoms. The van der Waals surface area contributed by atoms with Crippen molar-refractivity contribution in [3.63, 3.8) is 0 Å². The Morgan fingerprint density at radius 2 is 1.74 bits per heavy atom. The van der Waals surface area contributed by atoms with Crippen molar-refractivity contribution >= 4 is 16.1 Å². The average molecular weight is 499 g/mol. The van der Waals surface area contributed by atoms with E-state index in [0.29, 0.717) is 12.0 Å². The normalized spacial score (nSPS) is 18.2. The van der Waals surface area contributed by atoms with E-state index in [1.54, 1.807) is 18.2 Å². The molecule has 0 aliphatic heterocycles. The van der Waals surface area contributed by atoms with Gasteiger partial charge in [0.25, 0.3) is 10.1 Å². The number of fused-ring (bicyclic) bond motifs is 2. The van der Waals surface area contributed by atoms with Gasteiger partial charge in [-0.3, -0.25) is 8.98 Å². The molecule has 3 aromatic carbocycles. The van der Waals surface area contributed by atoms with Crippen molar-refractivity contribution in [2.45, 2.75) is 49.7 Å². The van der Waals surface area contributed by atoms with Crippen LogP contribution in [0.5, 0.6) is 0 Å². The third-order valence-electron chi connectivity index (χ3n) is 6.16. The molecule has 0 radical (unpaired) electrons. The fraction of sp³-hybridized carbons (Fsp3) is 0.296. The zero-order chi connectivity index (χ0) is 25.2. The van der Waals surface area contributed by atoms with E-state index >= 15 is 0 Å². The van der Waals surface area contributed by atoms with Crippen LogP contribution in [0.4, 0.5) is 4.39 Å². The minimum Gasteiger partial charge on any atom is -0.457 e. The number of aliphatic hydroxyl groups excluding tert-OH is 1. The van der Waals surface area contributed by atoms with E-state index in [2.05, 4.69) is 0 Å². The number of carbonyl (C=O) groups excluding carboxylic acids is 1. The zero-order valence-corrected chi connectivity index (χ0v) is 20.3. The van der Waals surface area contributed by atoms with Crippen LogP contribution in [0.15, 0.2) is 71.6 Å². The summed E-state index contributed by atoms with van der Waals surface area (Å²) in [6.07, 6.45) is -1.50. The van der Waals surface area contributed by atoms with Crippen molar-refractivity contribution in [1.29, 1.82) is 0 Å². The number of hydrogen-bond donors (Lipinski definition) is 1. The van der Waals surface area contributed by atoms with E-state index in [1.807, 2.05) is 31.2 Å². The lowest BCUT2D eigenvalue weighted by Gasteiger charge is -2.29. The highest BCUT2D eigenvalue weighted by atomic mass is 32.2. The Balaban J connectivity index is 1.62. The van der Waals surface area contributed by atoms with Crippen LogP contribution < -0.4 is 0 Å². The summed E-state index contributed by atoms with van der Waals surface area (Å²) in [5.74, 6) is -1.54. The fourth-order valence-corrected chi connectivity index (χ4v) is 5.45. The predicted octanol–water partition coefficient (Wildman–Crippen LogP) is 4.58. The van der Waals surface area contributed by atoms with Crippen LogP contribution in [0.2, 0.25) is 0 Å². The summed E-state index contributed by atoms with van der Waals surface area (Å²) in [7, 11) is -4.06. The molecule has 0 saturated heterocycles. The van der Waals surface area contributed by atoms with Gasteiger partial charge in [0.1, 0.15) is 11.9 Å². The van der Waals surface area contributed by atoms with Crippen LogP contribution in [0.1, 0.15) is 53.2 Å². The Morgan fingerprint density at radius 3 is 2.46 bits per heavy atom. The Labute approximate surface area is 204 Å². The second kappa shape index (κ2) is 10.3. The maximum Gasteiger partial charge on any atom is 0.303 e. The van der Waals surface area contributed by atoms with Gasteiger partial charge in [0.15, 0.2) is 0 Å². The largest absolute Gasteiger partial charge is 0.457 e. The summed E-state index contributed by atoms with van der Waals surface area (Å²) in [4.78, 5) is 12.0. The van der Waals surface area contributed by atoms with Crippen molar-refractivity contribution in [2.75, 3.05) is 6.61 Å². The van der Waals surface area contributed by atoms with E-state index in [9.17, 15) is 22.7 Å². The van der Waals surface area contributed by atoms with Crippen molar-refractivity contribution in [2.24, 2.45) is 0 Å². The quantitative estimate of drug-likeness (QED) is 0.379. The van der Waals surface area contributed by atoms with E-state index < -0.39 is 46.6 Å². The van der Waals surface area contributed by atoms with Gasteiger partial charge >= 0.3 is 5.97 Å². The van der Waals surface area contributed by atoms with Gasteiger partial charge < -0.3 is 9.84 Å². The Kier molecular flexibility index (Phi) is 7.35. The van der Waals surface area contributed by atoms with E-state index in [1.165, 1.54) is 31.2 Å². The molecule has 0 fully saturated rings. The number of esters is 1. The van der Waals surface area contributed by atoms with Gasteiger partial charge in [-0.1, -0.05) is 48.0 Å². The molecule has 6 nitrogen and oxygen atoms in total. The first-order valence-corrected chi connectivity index (χ1v) is 12.7. The third kappa shape index (κ3) is 5.78. The van der Waals surface area contributed by atoms with Gasteiger partial charge in [0.2, 0.25) is 0 Å². The second-order valence-electron chi connectivity index (χ2n) is 8.80. The van der Waals surface area contributed by atoms with Gasteiger partial charge in [-0.2, -0.15) is 8.42 Å². The van der Waals surface area contributed by atoms with Crippen LogP contribution in [0.3, 0.4) is 0 Å². The average Bonchev–Trinajstić information content (AvgIpc) is 2.93. The molecule has 3 aromatic rings. The summed E-state index contributed by atoms with van der Waals surface area (Å²) < 4.78 is 50.1. The standard InChI is InChI=1S/C27H27FO6S/c1-17-7-11-23(12-8-17)35(31,32)33-16-22(30)15-26-24-6-4-3-5-19(24)13-20-9-10-21(28)14-25(20)27(26)34-18(2)29/h3-12,14,22,26-27,30H,13,15-16H2,1-2H3/t22?,26-,27-/m1/s1. The van der Waals surface area contributed by atoms with E-state index in [0.717, 1.165) is 22.3 Å². The molecule has 4 rings (SSSR count). The van der Waals surface area contributed by atoms with E-state index in [-0.39, 0.29) is 11.3 Å². The Hall–Kier alpha value is -3.07. The topological polar surface area (TPSA) is 89.9 Å². The number of carbonyl (C=O) groups is 1. The van der Waals surface area contributed by atoms with Crippen LogP contribution in [-0.4, -0.2) is 32.2 Å². The minimum absolute atomic E-state index is 0.00250. The fourth-order valence-electron chi connectivity index (χ4n) is 4.51. The number of aryl methyl sites for hydroxylation is 1. The molecular weight excluding hydrogens is 471 g/mol. The number of benzene rings is 3. The lowest BCUT2D eigenvalue weighted by atomic mass is 9.84. The first-order valence-electron chi connectivity index (χ1n) is 11.3. The zero-order valence-electron chi connectivity index (χ0n) is 19.5. The van der Waals surface area contributed by atoms with Gasteiger partial charge in [0.05, 0.1) is 17.6 Å². The van der Waals surface area contributed by atoms with Crippen molar-refractivity contribution in [1.82, 2.24) is 0 Å². The minimum atomic E-state index is -4.06. The summed E-state index contributed by atoms with van der Waals surface area (Å²) in [5.41, 5.74) is 4.06. The molecule has 184 valence electrons. The van der Waals surface area contributed by atoms with Crippen LogP contribution in [0, 0.1) is 12.7 Å². The lowest BCUT2D eigenvalue weighted by molar-refractivity contribution is -0.148. The monoisotopic (exact) mass is 498 g/mol. The first kappa shape index (κ1) is 25.0. The molecule has 3 atom stereocenters. The smallest absolute Gasteiger partial charge is 0.303 e. The molecule has 0 heterocycles. The molecule has 0 bridgehead atoms. The van der Waals surface area contributed by atoms with Crippen molar-refractivity contribution in [3.05, 3.63) is 100 Å². The highest BCUT2D eigenvalue weighted by Crippen LogP contribution is 2.44. The predicted molar refractivity (Wildman–Crippen MR) is 128 cm³/mol. The van der Waals surface area contributed by atoms with E-state index in [4.69, 9.17) is 8.92 Å². The molecule has 8 heteroatoms. The lowest BCUT2D eigenvalue weighted by Crippen LogP contribution is -2.26. The number of hydrogen-bond acceptors (Lipinski definition) is 6. The first-order chi connectivity index (χ1) is 16.6. The van der Waals surface area contributed by atoms with Crippen molar-refractivity contribution < 1.29 is 31.6 Å². The molecule has 1 N–H and O–H groups in total. The summed E-state index contributed by atoms with van der Waals surface area (Å²) in [6, 6.07) is 18.2. The molecule has 1 unspecified atom stereocenters. The number of ether oxygens (including phenoxy) is 1. The number of halogens is 1. The van der Waals surface area contributed by atoms with Gasteiger partial charge in [-0.15, -0.1) is 0 Å². The highest BCUT2D eigenvalue weighted by molar-refractivity contribution is 7.86. The second-order valence-corrected chi connectivity index (χ2v) is 10.4. The number of rotatable bonds is 7. The van der Waals surface area contributed by atoms with Crippen LogP contribution in [-0.2, 0) is 30.3 Å². The third-order valence-corrected chi connectivity index (χ3v) is 7.46. The number of aliphatic hydroxyl groups is 1. The maximum absolute atomic E-state index is 14.2. The molecular formula is C27H27FO6S. The Bertz CT molecular complexity index is 1320. The van der Waals surface area contributed by atoms with Gasteiger partial charge in [0, 0.05) is 12.8 Å². The molecule has 1 aliphatic carbocycles. The SMILES string of the molecule is CC(=O)O[C@@H]1c2cc(F)ccc2Cc2ccccc2[C@H]1CC(O)COS(=O)(=O)c1ccc(C)cc1. The van der Waals surface area contributed by atoms with Crippen LogP contribution >= 0.6 is 0 Å². The summed E-state index contributed by atoms with van der Waals surface area (Å²) in [5, 5.41) is 10.8. The molecule has 35 heavy (non-hydrogen) atoms. The Morgan fingerprint density at radius 1 is 1.06 bits per heavy atom. The molecule has 0 saturated carbocycles. The summed E-state index contributed by atoms with van der Waals surface area (Å²) >= 11 is 0. The van der Waals surface area contributed by atoms with Crippen molar-refractivity contribution in [3.8, 4) is 0 Å². The highest BCUT2D eigenvalue weighted by Gasteiger charge is 2.35. The van der Waals surface area contributed by atoms with Crippen LogP contribution in [0.25, 0.3) is 0 Å². The summed E-state index contributed by atoms with van der Waals surface area (Å²) in [6.45, 7) is 2.65. The molecule has 0 amide bonds. The molecule has 1 aliphatic rings. The molecule has 0 aromatic heterocycles. The van der Waals surface area contributed by atoms with Gasteiger partial charge in [-0.25, -0.2) is 4.39 Å². The van der Waals surface area contributed by atoms with Gasteiger partial charge in [-0.05, 0) is 66.3 Å². The maximum atomic E-state index is 14.2.